The van der Waals surface area contributed by atoms with Crippen molar-refractivity contribution in [3.05, 3.63) is 0 Å². The summed E-state index contributed by atoms with van der Waals surface area (Å²) in [6.07, 6.45) is 3.43. The molecule has 3 N–H and O–H groups in total. The summed E-state index contributed by atoms with van der Waals surface area (Å²) >= 11 is 0. The van der Waals surface area contributed by atoms with Crippen LogP contribution < -0.4 is 10.6 Å². The van der Waals surface area contributed by atoms with Gasteiger partial charge in [0.2, 0.25) is 0 Å². The third-order valence-corrected chi connectivity index (χ3v) is 2.99. The highest BCUT2D eigenvalue weighted by Gasteiger charge is 2.12. The zero-order chi connectivity index (χ0) is 13.4. The average molecular weight is 257 g/mol. The van der Waals surface area contributed by atoms with Crippen LogP contribution in [-0.4, -0.2) is 54.2 Å². The monoisotopic (exact) mass is 257 g/mol. The Labute approximate surface area is 108 Å². The van der Waals surface area contributed by atoms with Crippen molar-refractivity contribution >= 4 is 12.0 Å². The van der Waals surface area contributed by atoms with E-state index in [2.05, 4.69) is 15.5 Å². The zero-order valence-electron chi connectivity index (χ0n) is 10.9. The van der Waals surface area contributed by atoms with E-state index in [-0.39, 0.29) is 18.5 Å². The van der Waals surface area contributed by atoms with E-state index in [4.69, 9.17) is 5.11 Å². The Bertz CT molecular complexity index is 278. The van der Waals surface area contributed by atoms with Crippen LogP contribution in [0.25, 0.3) is 0 Å². The second-order valence-corrected chi connectivity index (χ2v) is 4.80. The maximum absolute atomic E-state index is 11.4. The van der Waals surface area contributed by atoms with Gasteiger partial charge >= 0.3 is 12.0 Å². The minimum Gasteiger partial charge on any atom is -0.481 e. The number of rotatable bonds is 7. The quantitative estimate of drug-likeness (QED) is 0.584. The second-order valence-electron chi connectivity index (χ2n) is 4.80. The van der Waals surface area contributed by atoms with Gasteiger partial charge in [-0.2, -0.15) is 0 Å². The minimum absolute atomic E-state index is 0.0544. The number of likely N-dealkylation sites (tertiary alicyclic amines) is 1. The van der Waals surface area contributed by atoms with Gasteiger partial charge in [0, 0.05) is 12.6 Å². The van der Waals surface area contributed by atoms with Crippen molar-refractivity contribution in [2.75, 3.05) is 26.2 Å². The normalized spacial score (nSPS) is 17.4. The summed E-state index contributed by atoms with van der Waals surface area (Å²) in [6, 6.07) is -0.633. The molecule has 1 aliphatic heterocycles. The van der Waals surface area contributed by atoms with E-state index in [1.807, 2.05) is 0 Å². The van der Waals surface area contributed by atoms with Crippen molar-refractivity contribution in [3.63, 3.8) is 0 Å². The SMILES string of the molecule is CC(CC(=O)O)NC(=O)NCCCN1CCCC1. The molecule has 0 saturated carbocycles. The first-order chi connectivity index (χ1) is 8.58. The van der Waals surface area contributed by atoms with E-state index in [1.165, 1.54) is 25.9 Å². The molecule has 0 aromatic heterocycles. The van der Waals surface area contributed by atoms with Gasteiger partial charge < -0.3 is 20.6 Å². The second kappa shape index (κ2) is 7.92. The third-order valence-electron chi connectivity index (χ3n) is 2.99. The number of aliphatic carboxylic acids is 1. The number of carbonyl (C=O) groups is 2. The fraction of sp³-hybridized carbons (Fsp3) is 0.833. The van der Waals surface area contributed by atoms with Crippen molar-refractivity contribution in [2.24, 2.45) is 0 Å². The lowest BCUT2D eigenvalue weighted by Crippen LogP contribution is -2.42. The number of urea groups is 1. The summed E-state index contributed by atoms with van der Waals surface area (Å²) in [4.78, 5) is 24.2. The average Bonchev–Trinajstić information content (AvgIpc) is 2.75. The summed E-state index contributed by atoms with van der Waals surface area (Å²) in [6.45, 7) is 5.66. The van der Waals surface area contributed by atoms with Gasteiger partial charge in [-0.05, 0) is 45.8 Å². The number of nitrogens with one attached hydrogen (secondary N) is 2. The molecule has 1 heterocycles. The number of carbonyl (C=O) groups excluding carboxylic acids is 1. The molecule has 0 radical (unpaired) electrons. The van der Waals surface area contributed by atoms with Crippen LogP contribution in [0.1, 0.15) is 32.6 Å². The van der Waals surface area contributed by atoms with Gasteiger partial charge in [0.25, 0.3) is 0 Å². The highest BCUT2D eigenvalue weighted by Crippen LogP contribution is 2.06. The fourth-order valence-electron chi connectivity index (χ4n) is 2.10. The van der Waals surface area contributed by atoms with Crippen LogP contribution in [0.4, 0.5) is 4.79 Å². The molecule has 1 aliphatic rings. The molecule has 0 bridgehead atoms. The third kappa shape index (κ3) is 6.44. The predicted molar refractivity (Wildman–Crippen MR) is 68.5 cm³/mol. The molecule has 2 amide bonds. The maximum atomic E-state index is 11.4. The number of hydrogen-bond acceptors (Lipinski definition) is 3. The summed E-state index contributed by atoms with van der Waals surface area (Å²) in [7, 11) is 0. The van der Waals surface area contributed by atoms with E-state index in [1.54, 1.807) is 6.92 Å². The van der Waals surface area contributed by atoms with E-state index in [9.17, 15) is 9.59 Å². The Hall–Kier alpha value is -1.30. The molecule has 1 saturated heterocycles. The highest BCUT2D eigenvalue weighted by molar-refractivity contribution is 5.75. The van der Waals surface area contributed by atoms with Crippen LogP contribution >= 0.6 is 0 Å². The Morgan fingerprint density at radius 3 is 2.61 bits per heavy atom. The minimum atomic E-state index is -0.906. The van der Waals surface area contributed by atoms with Crippen molar-refractivity contribution < 1.29 is 14.7 Å². The summed E-state index contributed by atoms with van der Waals surface area (Å²) < 4.78 is 0. The molecular formula is C12H23N3O3. The number of amides is 2. The van der Waals surface area contributed by atoms with Crippen LogP contribution in [0.15, 0.2) is 0 Å². The van der Waals surface area contributed by atoms with Gasteiger partial charge in [0.1, 0.15) is 0 Å². The van der Waals surface area contributed by atoms with Gasteiger partial charge in [0.05, 0.1) is 6.42 Å². The smallest absolute Gasteiger partial charge is 0.315 e. The van der Waals surface area contributed by atoms with Crippen molar-refractivity contribution in [3.8, 4) is 0 Å². The van der Waals surface area contributed by atoms with Crippen molar-refractivity contribution in [1.29, 1.82) is 0 Å². The molecule has 1 fully saturated rings. The molecule has 1 unspecified atom stereocenters. The Morgan fingerprint density at radius 1 is 1.33 bits per heavy atom. The Balaban J connectivity index is 2.00. The van der Waals surface area contributed by atoms with Crippen LogP contribution in [-0.2, 0) is 4.79 Å². The molecule has 104 valence electrons. The molecule has 1 atom stereocenters. The molecule has 0 aliphatic carbocycles. The topological polar surface area (TPSA) is 81.7 Å². The first kappa shape index (κ1) is 14.8. The van der Waals surface area contributed by atoms with Gasteiger partial charge in [-0.15, -0.1) is 0 Å². The molecule has 0 aromatic rings. The lowest BCUT2D eigenvalue weighted by molar-refractivity contribution is -0.137. The van der Waals surface area contributed by atoms with Crippen molar-refractivity contribution in [2.45, 2.75) is 38.6 Å². The number of carboxylic acids is 1. The number of nitrogens with zero attached hydrogens (tertiary/aromatic N) is 1. The highest BCUT2D eigenvalue weighted by atomic mass is 16.4. The van der Waals surface area contributed by atoms with E-state index >= 15 is 0 Å². The van der Waals surface area contributed by atoms with Crippen LogP contribution in [0.3, 0.4) is 0 Å². The summed E-state index contributed by atoms with van der Waals surface area (Å²) in [5, 5.41) is 13.9. The maximum Gasteiger partial charge on any atom is 0.315 e. The van der Waals surface area contributed by atoms with E-state index < -0.39 is 5.97 Å². The predicted octanol–water partition coefficient (Wildman–Crippen LogP) is 0.635. The van der Waals surface area contributed by atoms with E-state index in [0.717, 1.165) is 13.0 Å². The van der Waals surface area contributed by atoms with Crippen molar-refractivity contribution in [1.82, 2.24) is 15.5 Å². The first-order valence-electron chi connectivity index (χ1n) is 6.56. The molecule has 18 heavy (non-hydrogen) atoms. The first-order valence-corrected chi connectivity index (χ1v) is 6.56. The van der Waals surface area contributed by atoms with E-state index in [0.29, 0.717) is 6.54 Å². The Kier molecular flexibility index (Phi) is 6.49. The molecule has 0 aromatic carbocycles. The molecule has 6 heteroatoms. The van der Waals surface area contributed by atoms with Gasteiger partial charge in [0.15, 0.2) is 0 Å². The van der Waals surface area contributed by atoms with Gasteiger partial charge in [-0.3, -0.25) is 4.79 Å². The number of carboxylic acid groups (broad SMARTS) is 1. The summed E-state index contributed by atoms with van der Waals surface area (Å²) in [5.74, 6) is -0.906. The van der Waals surface area contributed by atoms with Gasteiger partial charge in [-0.25, -0.2) is 4.79 Å². The lowest BCUT2D eigenvalue weighted by Gasteiger charge is -2.15. The largest absolute Gasteiger partial charge is 0.481 e. The number of hydrogen-bond donors (Lipinski definition) is 3. The standard InChI is InChI=1S/C12H23N3O3/c1-10(9-11(16)17)14-12(18)13-5-4-8-15-6-2-3-7-15/h10H,2-9H2,1H3,(H,16,17)(H2,13,14,18). The molecule has 0 spiro atoms. The fourth-order valence-corrected chi connectivity index (χ4v) is 2.10. The lowest BCUT2D eigenvalue weighted by atomic mass is 10.2. The van der Waals surface area contributed by atoms with Gasteiger partial charge in [-0.1, -0.05) is 0 Å². The van der Waals surface area contributed by atoms with Crippen LogP contribution in [0.5, 0.6) is 0 Å². The molecular weight excluding hydrogens is 234 g/mol. The zero-order valence-corrected chi connectivity index (χ0v) is 10.9. The van der Waals surface area contributed by atoms with Crippen LogP contribution in [0, 0.1) is 0 Å². The molecule has 1 rings (SSSR count). The summed E-state index contributed by atoms with van der Waals surface area (Å²) in [5.41, 5.74) is 0. The van der Waals surface area contributed by atoms with Crippen LogP contribution in [0.2, 0.25) is 0 Å². The molecule has 6 nitrogen and oxygen atoms in total. The Morgan fingerprint density at radius 2 is 2.00 bits per heavy atom.